The Morgan fingerprint density at radius 1 is 0.793 bits per heavy atom. The van der Waals surface area contributed by atoms with Gasteiger partial charge in [0.1, 0.15) is 23.4 Å². The van der Waals surface area contributed by atoms with Crippen LogP contribution in [0.4, 0.5) is 5.82 Å². The maximum Gasteiger partial charge on any atom is 0.266 e. The fraction of sp³-hybridized carbons (Fsp3) is 0.289. The standard InChI is InChI=1S/C45H44N8O5/c1-29-8-14-39(43(54)49-29)53-44(55)35-6-2-7-40(42(35)45(53)56)58-24-4-23-57-33-12-15-41(48-27-33)52-21-19-51(20-22-52)18-3-5-32-11-9-31(26-47-32)30-10-13-34-36-28-46-17-16-37(36)50-38(34)25-30/h2,6-7,9-13,15-17,25-28,39,50H,1,3-5,8,14,18-24H2,(H,49,54). The van der Waals surface area contributed by atoms with Crippen molar-refractivity contribution in [2.75, 3.05) is 50.8 Å². The van der Waals surface area contributed by atoms with Gasteiger partial charge in [0.2, 0.25) is 5.91 Å². The maximum absolute atomic E-state index is 13.3. The largest absolute Gasteiger partial charge is 0.493 e. The molecule has 294 valence electrons. The van der Waals surface area contributed by atoms with Crippen LogP contribution >= 0.6 is 0 Å². The molecular formula is C45H44N8O5. The van der Waals surface area contributed by atoms with Gasteiger partial charge in [0.05, 0.1) is 30.5 Å². The molecule has 3 aliphatic heterocycles. The number of aryl methyl sites for hydroxylation is 1. The molecule has 1 atom stereocenters. The van der Waals surface area contributed by atoms with E-state index in [0.29, 0.717) is 43.1 Å². The van der Waals surface area contributed by atoms with E-state index < -0.39 is 23.8 Å². The number of piperazine rings is 1. The van der Waals surface area contributed by atoms with Gasteiger partial charge in [-0.25, -0.2) is 4.98 Å². The zero-order valence-corrected chi connectivity index (χ0v) is 32.2. The first-order valence-electron chi connectivity index (χ1n) is 19.9. The second kappa shape index (κ2) is 16.1. The molecule has 2 saturated heterocycles. The number of ether oxygens (including phenoxy) is 2. The lowest BCUT2D eigenvalue weighted by molar-refractivity contribution is -0.125. The fourth-order valence-corrected chi connectivity index (χ4v) is 8.11. The number of imide groups is 1. The summed E-state index contributed by atoms with van der Waals surface area (Å²) in [6.45, 7) is 9.26. The van der Waals surface area contributed by atoms with Crippen molar-refractivity contribution < 1.29 is 23.9 Å². The number of anilines is 1. The third kappa shape index (κ3) is 7.48. The average Bonchev–Trinajstić information content (AvgIpc) is 3.75. The number of carbonyl (C=O) groups excluding carboxylic acids is 3. The number of H-pyrrole nitrogens is 1. The third-order valence-electron chi connectivity index (χ3n) is 11.2. The minimum atomic E-state index is -0.869. The molecule has 6 aromatic rings. The summed E-state index contributed by atoms with van der Waals surface area (Å²) in [7, 11) is 0. The molecule has 4 aromatic heterocycles. The first kappa shape index (κ1) is 37.0. The Labute approximate surface area is 335 Å². The molecule has 2 fully saturated rings. The Kier molecular flexibility index (Phi) is 10.3. The highest BCUT2D eigenvalue weighted by Crippen LogP contribution is 2.34. The number of fused-ring (bicyclic) bond motifs is 4. The van der Waals surface area contributed by atoms with E-state index in [1.165, 1.54) is 5.39 Å². The van der Waals surface area contributed by atoms with Crippen LogP contribution in [0.3, 0.4) is 0 Å². The number of benzene rings is 2. The number of piperidine rings is 1. The van der Waals surface area contributed by atoms with E-state index in [-0.39, 0.29) is 17.7 Å². The zero-order chi connectivity index (χ0) is 39.6. The molecule has 2 N–H and O–H groups in total. The van der Waals surface area contributed by atoms with Crippen molar-refractivity contribution in [2.45, 2.75) is 38.1 Å². The topological polar surface area (TPSA) is 146 Å². The van der Waals surface area contributed by atoms with Crippen LogP contribution in [0.25, 0.3) is 32.9 Å². The summed E-state index contributed by atoms with van der Waals surface area (Å²) in [5.41, 5.74) is 6.58. The minimum absolute atomic E-state index is 0.195. The lowest BCUT2D eigenvalue weighted by Crippen LogP contribution is -2.51. The van der Waals surface area contributed by atoms with Gasteiger partial charge in [-0.2, -0.15) is 0 Å². The number of aromatic nitrogens is 4. The van der Waals surface area contributed by atoms with Crippen LogP contribution in [0, 0.1) is 0 Å². The van der Waals surface area contributed by atoms with E-state index >= 15 is 0 Å². The number of pyridine rings is 3. The van der Waals surface area contributed by atoms with Crippen LogP contribution < -0.4 is 19.7 Å². The molecule has 7 heterocycles. The van der Waals surface area contributed by atoms with Crippen LogP contribution in [0.1, 0.15) is 52.1 Å². The number of hydrogen-bond acceptors (Lipinski definition) is 10. The Bertz CT molecular complexity index is 2510. The Morgan fingerprint density at radius 3 is 2.47 bits per heavy atom. The van der Waals surface area contributed by atoms with Crippen molar-refractivity contribution in [1.82, 2.24) is 35.1 Å². The van der Waals surface area contributed by atoms with Crippen LogP contribution in [-0.2, 0) is 11.2 Å². The van der Waals surface area contributed by atoms with Crippen molar-refractivity contribution in [1.29, 1.82) is 0 Å². The Hall–Kier alpha value is -6.60. The number of allylic oxidation sites excluding steroid dienone is 1. The van der Waals surface area contributed by atoms with Gasteiger partial charge in [0.15, 0.2) is 0 Å². The van der Waals surface area contributed by atoms with Crippen LogP contribution in [0.5, 0.6) is 11.5 Å². The maximum atomic E-state index is 13.3. The van der Waals surface area contributed by atoms with E-state index in [4.69, 9.17) is 14.5 Å². The molecule has 0 spiro atoms. The summed E-state index contributed by atoms with van der Waals surface area (Å²) in [5.74, 6) is 0.524. The van der Waals surface area contributed by atoms with Crippen molar-refractivity contribution in [2.24, 2.45) is 0 Å². The summed E-state index contributed by atoms with van der Waals surface area (Å²) < 4.78 is 11.9. The number of aromatic amines is 1. The highest BCUT2D eigenvalue weighted by molar-refractivity contribution is 6.24. The quantitative estimate of drug-likeness (QED) is 0.103. The van der Waals surface area contributed by atoms with E-state index in [1.807, 2.05) is 36.8 Å². The van der Waals surface area contributed by atoms with Gasteiger partial charge < -0.3 is 24.7 Å². The molecule has 3 aliphatic rings. The van der Waals surface area contributed by atoms with Gasteiger partial charge in [-0.3, -0.25) is 34.2 Å². The fourth-order valence-electron chi connectivity index (χ4n) is 8.11. The molecular weight excluding hydrogens is 733 g/mol. The molecule has 2 aromatic carbocycles. The average molecular weight is 777 g/mol. The third-order valence-corrected chi connectivity index (χ3v) is 11.2. The second-order valence-corrected chi connectivity index (χ2v) is 15.0. The van der Waals surface area contributed by atoms with Gasteiger partial charge in [0.25, 0.3) is 11.8 Å². The molecule has 0 radical (unpaired) electrons. The second-order valence-electron chi connectivity index (χ2n) is 15.0. The lowest BCUT2D eigenvalue weighted by atomic mass is 10.0. The molecule has 58 heavy (non-hydrogen) atoms. The van der Waals surface area contributed by atoms with Crippen molar-refractivity contribution in [3.63, 3.8) is 0 Å². The number of carbonyl (C=O) groups is 3. The smallest absolute Gasteiger partial charge is 0.266 e. The van der Waals surface area contributed by atoms with E-state index in [9.17, 15) is 14.4 Å². The van der Waals surface area contributed by atoms with Crippen LogP contribution in [0.2, 0.25) is 0 Å². The highest BCUT2D eigenvalue weighted by Gasteiger charge is 2.45. The van der Waals surface area contributed by atoms with Gasteiger partial charge in [0, 0.05) is 90.0 Å². The first-order chi connectivity index (χ1) is 28.4. The van der Waals surface area contributed by atoms with E-state index in [2.05, 4.69) is 67.0 Å². The van der Waals surface area contributed by atoms with Gasteiger partial charge in [-0.1, -0.05) is 30.8 Å². The minimum Gasteiger partial charge on any atom is -0.493 e. The molecule has 1 unspecified atom stereocenters. The van der Waals surface area contributed by atoms with E-state index in [1.54, 1.807) is 24.4 Å². The monoisotopic (exact) mass is 776 g/mol. The van der Waals surface area contributed by atoms with Crippen molar-refractivity contribution in [3.8, 4) is 22.6 Å². The number of hydrogen-bond donors (Lipinski definition) is 2. The number of amides is 3. The molecule has 13 heteroatoms. The highest BCUT2D eigenvalue weighted by atomic mass is 16.5. The molecule has 9 rings (SSSR count). The van der Waals surface area contributed by atoms with Gasteiger partial charge >= 0.3 is 0 Å². The van der Waals surface area contributed by atoms with Gasteiger partial charge in [-0.05, 0) is 80.3 Å². The van der Waals surface area contributed by atoms with Crippen LogP contribution in [-0.4, -0.2) is 99.4 Å². The summed E-state index contributed by atoms with van der Waals surface area (Å²) in [6, 6.07) is 20.8. The lowest BCUT2D eigenvalue weighted by Gasteiger charge is -2.35. The van der Waals surface area contributed by atoms with Gasteiger partial charge in [-0.15, -0.1) is 0 Å². The molecule has 3 amide bonds. The van der Waals surface area contributed by atoms with E-state index in [0.717, 1.165) is 89.5 Å². The SMILES string of the molecule is C=C1CCC(N2C(=O)c3cccc(OCCCOc4ccc(N5CCN(CCCc6ccc(-c7ccc8c(c7)[nH]c7ccncc78)cn6)CC5)nc4)c3C2=O)C(=O)N1. The summed E-state index contributed by atoms with van der Waals surface area (Å²) in [6.07, 6.45) is 10.8. The molecule has 0 saturated carbocycles. The Morgan fingerprint density at radius 2 is 1.66 bits per heavy atom. The first-order valence-corrected chi connectivity index (χ1v) is 19.9. The molecule has 13 nitrogen and oxygen atoms in total. The Balaban J connectivity index is 0.686. The summed E-state index contributed by atoms with van der Waals surface area (Å²) >= 11 is 0. The predicted molar refractivity (Wildman–Crippen MR) is 221 cm³/mol. The summed E-state index contributed by atoms with van der Waals surface area (Å²) in [5, 5.41) is 4.97. The predicted octanol–water partition coefficient (Wildman–Crippen LogP) is 6.16. The normalized spacial score (nSPS) is 17.3. The molecule has 0 bridgehead atoms. The zero-order valence-electron chi connectivity index (χ0n) is 32.2. The number of nitrogens with zero attached hydrogens (tertiary/aromatic N) is 6. The van der Waals surface area contributed by atoms with Crippen molar-refractivity contribution >= 4 is 45.3 Å². The molecule has 0 aliphatic carbocycles. The summed E-state index contributed by atoms with van der Waals surface area (Å²) in [4.78, 5) is 62.1. The number of rotatable bonds is 13. The van der Waals surface area contributed by atoms with Crippen LogP contribution in [0.15, 0.2) is 104 Å². The van der Waals surface area contributed by atoms with Crippen molar-refractivity contribution in [3.05, 3.63) is 121 Å². The number of nitrogens with one attached hydrogen (secondary N) is 2.